The second-order valence-electron chi connectivity index (χ2n) is 9.41. The predicted molar refractivity (Wildman–Crippen MR) is 150 cm³/mol. The van der Waals surface area contributed by atoms with E-state index in [0.29, 0.717) is 22.4 Å². The number of fused-ring (bicyclic) bond motifs is 10. The number of carbonyl (C=O) groups is 1. The van der Waals surface area contributed by atoms with E-state index in [2.05, 4.69) is 25.4 Å². The summed E-state index contributed by atoms with van der Waals surface area (Å²) in [5.41, 5.74) is 6.12. The van der Waals surface area contributed by atoms with Crippen molar-refractivity contribution in [1.29, 1.82) is 0 Å². The normalized spacial score (nSPS) is 15.6. The molecule has 2 aromatic carbocycles. The number of carbonyl (C=O) groups excluding carboxylic acids is 1. The van der Waals surface area contributed by atoms with Crippen molar-refractivity contribution in [3.63, 3.8) is 0 Å². The lowest BCUT2D eigenvalue weighted by molar-refractivity contribution is 0.0947. The van der Waals surface area contributed by atoms with E-state index in [1.165, 1.54) is 0 Å². The van der Waals surface area contributed by atoms with Crippen molar-refractivity contribution in [2.24, 2.45) is 5.16 Å². The van der Waals surface area contributed by atoms with E-state index in [1.807, 2.05) is 48.8 Å². The number of hydrogen-bond acceptors (Lipinski definition) is 5. The molecular weight excluding hydrogens is 523 g/mol. The van der Waals surface area contributed by atoms with Gasteiger partial charge in [-0.1, -0.05) is 52.6 Å². The molecule has 6 aromatic rings. The molecule has 0 fully saturated rings. The third-order valence-electron chi connectivity index (χ3n) is 7.27. The van der Waals surface area contributed by atoms with Gasteiger partial charge in [-0.15, -0.1) is 0 Å². The van der Waals surface area contributed by atoms with Gasteiger partial charge in [0.25, 0.3) is 5.91 Å². The fourth-order valence-electron chi connectivity index (χ4n) is 5.55. The Balaban J connectivity index is 0.000000127. The van der Waals surface area contributed by atoms with Crippen LogP contribution in [0.15, 0.2) is 53.9 Å². The van der Waals surface area contributed by atoms with Crippen molar-refractivity contribution in [1.82, 2.24) is 25.3 Å². The number of nitrogens with zero attached hydrogens (tertiary/aromatic N) is 3. The number of aromatic amines is 2. The molecule has 10 heteroatoms. The van der Waals surface area contributed by atoms with Gasteiger partial charge in [0.15, 0.2) is 0 Å². The van der Waals surface area contributed by atoms with Crippen LogP contribution in [0.3, 0.4) is 0 Å². The zero-order valence-corrected chi connectivity index (χ0v) is 21.4. The molecule has 0 radical (unpaired) electrons. The number of nitrogens with one attached hydrogen (secondary N) is 3. The molecule has 0 bridgehead atoms. The molecule has 0 spiro atoms. The van der Waals surface area contributed by atoms with Gasteiger partial charge in [0.1, 0.15) is 10.3 Å². The minimum absolute atomic E-state index is 0.0308. The Morgan fingerprint density at radius 1 is 0.763 bits per heavy atom. The topological polar surface area (TPSA) is 119 Å². The van der Waals surface area contributed by atoms with Gasteiger partial charge in [-0.25, -0.2) is 0 Å². The van der Waals surface area contributed by atoms with E-state index >= 15 is 0 Å². The zero-order valence-electron chi connectivity index (χ0n) is 19.9. The van der Waals surface area contributed by atoms with Crippen LogP contribution in [0.25, 0.3) is 43.4 Å². The Hall–Kier alpha value is -4.14. The molecule has 0 saturated heterocycles. The highest BCUT2D eigenvalue weighted by molar-refractivity contribution is 6.31. The summed E-state index contributed by atoms with van der Waals surface area (Å²) in [6.07, 6.45) is 6.09. The molecule has 1 amide bonds. The SMILES string of the molecule is O/N=C1\CCc2nc3c(ccc4c[nH]c(Cl)cc43)c21.O=C1NCCc2nc3c(ccc4c[nH]c(Cl)cc43)c21. The monoisotopic (exact) mass is 542 g/mol. The van der Waals surface area contributed by atoms with Gasteiger partial charge >= 0.3 is 0 Å². The molecule has 0 saturated carbocycles. The highest BCUT2D eigenvalue weighted by Crippen LogP contribution is 2.35. The van der Waals surface area contributed by atoms with Crippen molar-refractivity contribution in [2.45, 2.75) is 19.3 Å². The number of rotatable bonds is 0. The van der Waals surface area contributed by atoms with E-state index in [0.717, 1.165) is 85.3 Å². The molecule has 5 heterocycles. The molecule has 1 aliphatic carbocycles. The molecule has 2 aliphatic rings. The van der Waals surface area contributed by atoms with Crippen LogP contribution in [-0.4, -0.2) is 43.3 Å². The third-order valence-corrected chi connectivity index (χ3v) is 7.70. The van der Waals surface area contributed by atoms with Crippen LogP contribution in [-0.2, 0) is 12.8 Å². The molecule has 4 aromatic heterocycles. The average molecular weight is 543 g/mol. The van der Waals surface area contributed by atoms with Gasteiger partial charge < -0.3 is 20.5 Å². The van der Waals surface area contributed by atoms with Crippen LogP contribution in [0, 0.1) is 0 Å². The maximum Gasteiger partial charge on any atom is 0.253 e. The molecule has 0 unspecified atom stereocenters. The predicted octanol–water partition coefficient (Wildman–Crippen LogP) is 6.15. The first-order valence-electron chi connectivity index (χ1n) is 12.2. The van der Waals surface area contributed by atoms with E-state index in [1.54, 1.807) is 0 Å². The van der Waals surface area contributed by atoms with Gasteiger partial charge in [0.2, 0.25) is 0 Å². The molecule has 188 valence electrons. The fraction of sp³-hybridized carbons (Fsp3) is 0.143. The first kappa shape index (κ1) is 23.0. The number of aromatic nitrogens is 4. The lowest BCUT2D eigenvalue weighted by Crippen LogP contribution is -2.31. The smallest absolute Gasteiger partial charge is 0.253 e. The molecule has 0 atom stereocenters. The summed E-state index contributed by atoms with van der Waals surface area (Å²) < 4.78 is 0. The molecule has 8 rings (SSSR count). The largest absolute Gasteiger partial charge is 0.411 e. The fourth-order valence-corrected chi connectivity index (χ4v) is 5.88. The number of H-pyrrole nitrogens is 2. The van der Waals surface area contributed by atoms with Crippen LogP contribution in [0.1, 0.15) is 33.7 Å². The molecule has 8 nitrogen and oxygen atoms in total. The van der Waals surface area contributed by atoms with Crippen LogP contribution in [0.5, 0.6) is 0 Å². The second-order valence-corrected chi connectivity index (χ2v) is 10.2. The second kappa shape index (κ2) is 8.72. The third kappa shape index (κ3) is 3.52. The molecular formula is C28H20Cl2N6O2. The Morgan fingerprint density at radius 3 is 1.95 bits per heavy atom. The number of pyridine rings is 2. The highest BCUT2D eigenvalue weighted by Gasteiger charge is 2.26. The van der Waals surface area contributed by atoms with E-state index in [9.17, 15) is 4.79 Å². The summed E-state index contributed by atoms with van der Waals surface area (Å²) in [6, 6.07) is 11.7. The number of halogens is 2. The number of oxime groups is 1. The van der Waals surface area contributed by atoms with Gasteiger partial charge in [0.05, 0.1) is 33.7 Å². The zero-order chi connectivity index (χ0) is 26.0. The van der Waals surface area contributed by atoms with E-state index in [-0.39, 0.29) is 5.91 Å². The number of hydrogen-bond donors (Lipinski definition) is 4. The minimum atomic E-state index is -0.0308. The molecule has 1 aliphatic heterocycles. The lowest BCUT2D eigenvalue weighted by atomic mass is 10.0. The quantitative estimate of drug-likeness (QED) is 0.104. The lowest BCUT2D eigenvalue weighted by Gasteiger charge is -2.11. The van der Waals surface area contributed by atoms with Crippen molar-refractivity contribution in [3.8, 4) is 0 Å². The first-order valence-corrected chi connectivity index (χ1v) is 13.0. The van der Waals surface area contributed by atoms with Crippen LogP contribution < -0.4 is 5.32 Å². The number of benzene rings is 2. The van der Waals surface area contributed by atoms with E-state index in [4.69, 9.17) is 33.4 Å². The summed E-state index contributed by atoms with van der Waals surface area (Å²) >= 11 is 12.0. The number of amides is 1. The van der Waals surface area contributed by atoms with E-state index < -0.39 is 0 Å². The first-order chi connectivity index (χ1) is 18.5. The maximum absolute atomic E-state index is 12.0. The number of aryl methyl sites for hydroxylation is 1. The van der Waals surface area contributed by atoms with Gasteiger partial charge in [-0.3, -0.25) is 14.8 Å². The Bertz CT molecular complexity index is 1970. The van der Waals surface area contributed by atoms with Gasteiger partial charge in [-0.05, 0) is 25.0 Å². The van der Waals surface area contributed by atoms with Crippen LogP contribution >= 0.6 is 23.2 Å². The Morgan fingerprint density at radius 2 is 1.34 bits per heavy atom. The van der Waals surface area contributed by atoms with Gasteiger partial charge in [0, 0.05) is 63.2 Å². The van der Waals surface area contributed by atoms with Crippen molar-refractivity contribution < 1.29 is 10.0 Å². The minimum Gasteiger partial charge on any atom is -0.411 e. The highest BCUT2D eigenvalue weighted by atomic mass is 35.5. The standard InChI is InChI=1S/2C14H10ClN3O/c15-11-5-9-7(6-17-11)1-2-8-12-10(18-13(8)9)3-4-16-14(12)19;15-12-5-9-7(6-16-12)1-2-8-13-10(17-14(8)9)3-4-11(13)18-19/h1-2,5-6,17H,3-4H2,(H,16,19);1-2,5-6,16,19H,3-4H2/b;18-11+. The molecule has 38 heavy (non-hydrogen) atoms. The summed E-state index contributed by atoms with van der Waals surface area (Å²) in [5.74, 6) is -0.0308. The van der Waals surface area contributed by atoms with Crippen molar-refractivity contribution >= 4 is 78.2 Å². The Labute approximate surface area is 225 Å². The average Bonchev–Trinajstić information content (AvgIpc) is 3.61. The maximum atomic E-state index is 12.0. The Kier molecular flexibility index (Phi) is 5.28. The van der Waals surface area contributed by atoms with Crippen molar-refractivity contribution in [2.75, 3.05) is 6.54 Å². The summed E-state index contributed by atoms with van der Waals surface area (Å²) in [6.45, 7) is 0.654. The summed E-state index contributed by atoms with van der Waals surface area (Å²) in [4.78, 5) is 27.3. The summed E-state index contributed by atoms with van der Waals surface area (Å²) in [5, 5.41) is 22.5. The summed E-state index contributed by atoms with van der Waals surface area (Å²) in [7, 11) is 0. The van der Waals surface area contributed by atoms with Crippen LogP contribution in [0.2, 0.25) is 10.3 Å². The molecule has 4 N–H and O–H groups in total. The van der Waals surface area contributed by atoms with Crippen molar-refractivity contribution in [3.05, 3.63) is 81.6 Å². The van der Waals surface area contributed by atoms with Crippen LogP contribution in [0.4, 0.5) is 0 Å². The van der Waals surface area contributed by atoms with Gasteiger partial charge in [-0.2, -0.15) is 0 Å².